The average molecular weight is 453 g/mol. The van der Waals surface area contributed by atoms with Gasteiger partial charge in [0, 0.05) is 49.4 Å². The first-order valence-corrected chi connectivity index (χ1v) is 11.8. The van der Waals surface area contributed by atoms with Gasteiger partial charge < -0.3 is 13.7 Å². The molecular weight excluding hydrogens is 424 g/mol. The fraction of sp³-hybridized carbons (Fsp3) is 0.455. The van der Waals surface area contributed by atoms with Gasteiger partial charge in [0.25, 0.3) is 10.1 Å². The predicted molar refractivity (Wildman–Crippen MR) is 116 cm³/mol. The molecule has 8 heteroatoms. The fourth-order valence-corrected chi connectivity index (χ4v) is 5.20. The van der Waals surface area contributed by atoms with Gasteiger partial charge in [0.1, 0.15) is 0 Å². The standard InChI is InChI=1S/C22H28O6S2/c1-17-5-9-19(10-6-17)29-27-15-21(13-22(14-21,25-3)26-4)16-28-30(23,24)20-11-7-18(2)8-12-20/h5-12H,13-16H2,1-4H3. The summed E-state index contributed by atoms with van der Waals surface area (Å²) < 4.78 is 47.5. The summed E-state index contributed by atoms with van der Waals surface area (Å²) >= 11 is 1.27. The van der Waals surface area contributed by atoms with E-state index in [4.69, 9.17) is 17.8 Å². The lowest BCUT2D eigenvalue weighted by Gasteiger charge is -2.53. The van der Waals surface area contributed by atoms with Gasteiger partial charge in [-0.05, 0) is 38.1 Å². The van der Waals surface area contributed by atoms with Crippen LogP contribution in [0.2, 0.25) is 0 Å². The summed E-state index contributed by atoms with van der Waals surface area (Å²) in [5, 5.41) is 0. The van der Waals surface area contributed by atoms with Crippen LogP contribution in [0.1, 0.15) is 24.0 Å². The highest BCUT2D eigenvalue weighted by Gasteiger charge is 2.57. The van der Waals surface area contributed by atoms with Crippen molar-refractivity contribution < 1.29 is 26.3 Å². The van der Waals surface area contributed by atoms with Crippen LogP contribution in [-0.4, -0.2) is 41.6 Å². The molecule has 0 N–H and O–H groups in total. The summed E-state index contributed by atoms with van der Waals surface area (Å²) in [7, 11) is -0.698. The molecule has 0 radical (unpaired) electrons. The van der Waals surface area contributed by atoms with Crippen molar-refractivity contribution in [3.8, 4) is 0 Å². The Morgan fingerprint density at radius 2 is 1.40 bits per heavy atom. The van der Waals surface area contributed by atoms with E-state index in [-0.39, 0.29) is 11.5 Å². The molecule has 1 fully saturated rings. The van der Waals surface area contributed by atoms with E-state index in [2.05, 4.69) is 0 Å². The second kappa shape index (κ2) is 9.38. The second-order valence-electron chi connectivity index (χ2n) is 7.86. The summed E-state index contributed by atoms with van der Waals surface area (Å²) in [6.07, 6.45) is 0.954. The molecular formula is C22H28O6S2. The molecule has 1 saturated carbocycles. The Bertz CT molecular complexity index is 927. The maximum absolute atomic E-state index is 12.6. The quantitative estimate of drug-likeness (QED) is 0.299. The molecule has 0 aliphatic heterocycles. The summed E-state index contributed by atoms with van der Waals surface area (Å²) in [6.45, 7) is 4.23. The Morgan fingerprint density at radius 1 is 0.867 bits per heavy atom. The zero-order valence-corrected chi connectivity index (χ0v) is 19.3. The van der Waals surface area contributed by atoms with Gasteiger partial charge in [0.15, 0.2) is 5.79 Å². The van der Waals surface area contributed by atoms with Gasteiger partial charge in [-0.15, -0.1) is 0 Å². The Balaban J connectivity index is 1.66. The maximum atomic E-state index is 12.6. The topological polar surface area (TPSA) is 71.1 Å². The molecule has 30 heavy (non-hydrogen) atoms. The van der Waals surface area contributed by atoms with E-state index < -0.39 is 21.3 Å². The molecule has 0 heterocycles. The van der Waals surface area contributed by atoms with E-state index in [0.29, 0.717) is 19.4 Å². The van der Waals surface area contributed by atoms with E-state index in [1.165, 1.54) is 17.6 Å². The van der Waals surface area contributed by atoms with Crippen LogP contribution in [0.3, 0.4) is 0 Å². The van der Waals surface area contributed by atoms with Gasteiger partial charge in [-0.3, -0.25) is 4.18 Å². The predicted octanol–water partition coefficient (Wildman–Crippen LogP) is 4.50. The smallest absolute Gasteiger partial charge is 0.296 e. The maximum Gasteiger partial charge on any atom is 0.296 e. The summed E-state index contributed by atoms with van der Waals surface area (Å²) in [4.78, 5) is 1.12. The summed E-state index contributed by atoms with van der Waals surface area (Å²) in [5.74, 6) is -0.741. The van der Waals surface area contributed by atoms with Crippen LogP contribution in [0.15, 0.2) is 58.3 Å². The molecule has 0 amide bonds. The van der Waals surface area contributed by atoms with Crippen LogP contribution in [-0.2, 0) is 28.0 Å². The minimum Gasteiger partial charge on any atom is -0.353 e. The van der Waals surface area contributed by atoms with E-state index >= 15 is 0 Å². The largest absolute Gasteiger partial charge is 0.353 e. The molecule has 0 spiro atoms. The van der Waals surface area contributed by atoms with Gasteiger partial charge in [0.2, 0.25) is 0 Å². The van der Waals surface area contributed by atoms with Crippen molar-refractivity contribution in [2.45, 2.75) is 42.3 Å². The number of aryl methyl sites for hydroxylation is 2. The van der Waals surface area contributed by atoms with Gasteiger partial charge in [-0.2, -0.15) is 8.42 Å². The first-order valence-electron chi connectivity index (χ1n) is 9.64. The summed E-state index contributed by atoms with van der Waals surface area (Å²) in [5.41, 5.74) is 1.63. The Labute approximate surface area is 183 Å². The molecule has 3 rings (SSSR count). The number of hydrogen-bond donors (Lipinski definition) is 0. The lowest BCUT2D eigenvalue weighted by Crippen LogP contribution is -2.58. The third-order valence-corrected chi connectivity index (χ3v) is 7.38. The Morgan fingerprint density at radius 3 is 1.93 bits per heavy atom. The zero-order chi connectivity index (χ0) is 21.8. The lowest BCUT2D eigenvalue weighted by molar-refractivity contribution is -0.304. The molecule has 0 atom stereocenters. The number of hydrogen-bond acceptors (Lipinski definition) is 7. The average Bonchev–Trinajstić information content (AvgIpc) is 2.71. The number of methoxy groups -OCH3 is 2. The highest BCUT2D eigenvalue weighted by molar-refractivity contribution is 7.94. The minimum atomic E-state index is -3.86. The van der Waals surface area contributed by atoms with Crippen molar-refractivity contribution in [2.24, 2.45) is 5.41 Å². The molecule has 1 aliphatic carbocycles. The third kappa shape index (κ3) is 5.43. The third-order valence-electron chi connectivity index (χ3n) is 5.40. The normalized spacial score (nSPS) is 17.5. The molecule has 0 bridgehead atoms. The Hall–Kier alpha value is -1.42. The van der Waals surface area contributed by atoms with E-state index in [1.807, 2.05) is 38.1 Å². The molecule has 2 aromatic rings. The van der Waals surface area contributed by atoms with Crippen molar-refractivity contribution in [1.82, 2.24) is 0 Å². The molecule has 2 aromatic carbocycles. The first kappa shape index (κ1) is 23.2. The number of benzene rings is 2. The van der Waals surface area contributed by atoms with Crippen molar-refractivity contribution in [1.29, 1.82) is 0 Å². The second-order valence-corrected chi connectivity index (χ2v) is 10.3. The van der Waals surface area contributed by atoms with E-state index in [0.717, 1.165) is 10.5 Å². The number of rotatable bonds is 10. The fourth-order valence-electron chi connectivity index (χ4n) is 3.50. The monoisotopic (exact) mass is 452 g/mol. The SMILES string of the molecule is COC1(OC)CC(COSc2ccc(C)cc2)(COS(=O)(=O)c2ccc(C)cc2)C1. The molecule has 0 aromatic heterocycles. The van der Waals surface area contributed by atoms with Crippen molar-refractivity contribution in [3.05, 3.63) is 59.7 Å². The van der Waals surface area contributed by atoms with Gasteiger partial charge in [0.05, 0.1) is 18.1 Å². The van der Waals surface area contributed by atoms with E-state index in [1.54, 1.807) is 38.5 Å². The first-order chi connectivity index (χ1) is 14.2. The number of ether oxygens (including phenoxy) is 2. The van der Waals surface area contributed by atoms with Crippen molar-refractivity contribution in [2.75, 3.05) is 27.4 Å². The van der Waals surface area contributed by atoms with Gasteiger partial charge in [-0.25, -0.2) is 0 Å². The van der Waals surface area contributed by atoms with Crippen LogP contribution < -0.4 is 0 Å². The van der Waals surface area contributed by atoms with Crippen molar-refractivity contribution in [3.63, 3.8) is 0 Å². The molecule has 0 unspecified atom stereocenters. The van der Waals surface area contributed by atoms with Crippen LogP contribution in [0.4, 0.5) is 0 Å². The highest BCUT2D eigenvalue weighted by Crippen LogP contribution is 2.52. The Kier molecular flexibility index (Phi) is 7.27. The van der Waals surface area contributed by atoms with Crippen LogP contribution in [0.5, 0.6) is 0 Å². The van der Waals surface area contributed by atoms with E-state index in [9.17, 15) is 8.42 Å². The van der Waals surface area contributed by atoms with Gasteiger partial charge in [-0.1, -0.05) is 35.4 Å². The molecule has 6 nitrogen and oxygen atoms in total. The molecule has 164 valence electrons. The van der Waals surface area contributed by atoms with Crippen LogP contribution in [0.25, 0.3) is 0 Å². The van der Waals surface area contributed by atoms with Crippen molar-refractivity contribution >= 4 is 22.2 Å². The lowest BCUT2D eigenvalue weighted by atomic mass is 9.65. The summed E-state index contributed by atoms with van der Waals surface area (Å²) in [6, 6.07) is 14.6. The van der Waals surface area contributed by atoms with Gasteiger partial charge >= 0.3 is 0 Å². The highest BCUT2D eigenvalue weighted by atomic mass is 32.2. The zero-order valence-electron chi connectivity index (χ0n) is 17.7. The van der Waals surface area contributed by atoms with Crippen LogP contribution in [0, 0.1) is 19.3 Å². The minimum absolute atomic E-state index is 0.00780. The van der Waals surface area contributed by atoms with Crippen LogP contribution >= 0.6 is 12.0 Å². The molecule has 0 saturated heterocycles. The molecule has 1 aliphatic rings.